The van der Waals surface area contributed by atoms with Gasteiger partial charge in [-0.15, -0.1) is 0 Å². The zero-order valence-corrected chi connectivity index (χ0v) is 9.82. The number of rotatable bonds is 4. The van der Waals surface area contributed by atoms with Crippen LogP contribution in [0.4, 0.5) is 4.79 Å². The number of hydrogen-bond acceptors (Lipinski definition) is 2. The first-order valence-electron chi connectivity index (χ1n) is 5.88. The third-order valence-corrected chi connectivity index (χ3v) is 3.11. The molecule has 17 heavy (non-hydrogen) atoms. The summed E-state index contributed by atoms with van der Waals surface area (Å²) in [5.41, 5.74) is -0.0363. The van der Waals surface area contributed by atoms with Gasteiger partial charge in [0, 0.05) is 0 Å². The van der Waals surface area contributed by atoms with Gasteiger partial charge in [0.25, 0.3) is 5.91 Å². The molecule has 0 aliphatic carbocycles. The van der Waals surface area contributed by atoms with E-state index in [0.717, 1.165) is 18.4 Å². The van der Waals surface area contributed by atoms with Crippen molar-refractivity contribution in [2.75, 3.05) is 0 Å². The third kappa shape index (κ3) is 2.02. The van der Waals surface area contributed by atoms with Gasteiger partial charge in [-0.1, -0.05) is 50.1 Å². The Labute approximate surface area is 100 Å². The summed E-state index contributed by atoms with van der Waals surface area (Å²) in [6, 6.07) is 8.99. The molecule has 0 bridgehead atoms. The van der Waals surface area contributed by atoms with E-state index in [0.29, 0.717) is 6.42 Å². The molecule has 0 spiro atoms. The summed E-state index contributed by atoms with van der Waals surface area (Å²) in [5, 5.41) is 5.09. The highest BCUT2D eigenvalue weighted by Gasteiger charge is 2.46. The molecule has 1 aliphatic heterocycles. The minimum absolute atomic E-state index is 0.248. The van der Waals surface area contributed by atoms with E-state index in [9.17, 15) is 9.59 Å². The molecule has 4 heteroatoms. The lowest BCUT2D eigenvalue weighted by molar-refractivity contribution is -0.124. The van der Waals surface area contributed by atoms with E-state index >= 15 is 0 Å². The third-order valence-electron chi connectivity index (χ3n) is 3.11. The van der Waals surface area contributed by atoms with E-state index in [1.807, 2.05) is 30.3 Å². The van der Waals surface area contributed by atoms with Gasteiger partial charge in [-0.3, -0.25) is 10.1 Å². The molecule has 3 amide bonds. The number of amides is 3. The molecule has 90 valence electrons. The Bertz CT molecular complexity index is 430. The molecule has 1 aliphatic rings. The van der Waals surface area contributed by atoms with Gasteiger partial charge in [0.05, 0.1) is 0 Å². The molecule has 0 aromatic heterocycles. The molecule has 1 heterocycles. The van der Waals surface area contributed by atoms with Crippen molar-refractivity contribution < 1.29 is 9.59 Å². The van der Waals surface area contributed by atoms with Gasteiger partial charge >= 0.3 is 6.03 Å². The highest BCUT2D eigenvalue weighted by atomic mass is 16.2. The van der Waals surface area contributed by atoms with Crippen LogP contribution in [0.1, 0.15) is 31.7 Å². The molecule has 1 saturated heterocycles. The predicted molar refractivity (Wildman–Crippen MR) is 64.3 cm³/mol. The van der Waals surface area contributed by atoms with Gasteiger partial charge in [0.15, 0.2) is 0 Å². The second-order valence-electron chi connectivity index (χ2n) is 4.28. The predicted octanol–water partition coefficient (Wildman–Crippen LogP) is 1.91. The molecule has 0 saturated carbocycles. The summed E-state index contributed by atoms with van der Waals surface area (Å²) in [5.74, 6) is -0.248. The zero-order valence-electron chi connectivity index (χ0n) is 9.82. The Morgan fingerprint density at radius 2 is 1.88 bits per heavy atom. The van der Waals surface area contributed by atoms with Crippen molar-refractivity contribution in [2.24, 2.45) is 0 Å². The lowest BCUT2D eigenvalue weighted by Gasteiger charge is -2.26. The quantitative estimate of drug-likeness (QED) is 0.779. The summed E-state index contributed by atoms with van der Waals surface area (Å²) >= 11 is 0. The van der Waals surface area contributed by atoms with E-state index in [2.05, 4.69) is 17.6 Å². The van der Waals surface area contributed by atoms with Crippen molar-refractivity contribution in [3.05, 3.63) is 35.9 Å². The SMILES string of the molecule is CCCC[C@@]1(c2ccccc2)NC(=O)NC1=O. The Balaban J connectivity index is 2.37. The van der Waals surface area contributed by atoms with E-state index in [4.69, 9.17) is 0 Å². The van der Waals surface area contributed by atoms with Crippen LogP contribution in [0, 0.1) is 0 Å². The van der Waals surface area contributed by atoms with Gasteiger partial charge in [0.1, 0.15) is 5.54 Å². The van der Waals surface area contributed by atoms with Gasteiger partial charge in [-0.2, -0.15) is 0 Å². The van der Waals surface area contributed by atoms with Crippen LogP contribution in [-0.4, -0.2) is 11.9 Å². The average molecular weight is 232 g/mol. The fraction of sp³-hybridized carbons (Fsp3) is 0.385. The van der Waals surface area contributed by atoms with E-state index in [1.165, 1.54) is 0 Å². The van der Waals surface area contributed by atoms with Gasteiger partial charge in [0.2, 0.25) is 0 Å². The van der Waals surface area contributed by atoms with Crippen LogP contribution in [-0.2, 0) is 10.3 Å². The van der Waals surface area contributed by atoms with Crippen LogP contribution >= 0.6 is 0 Å². The molecule has 2 N–H and O–H groups in total. The summed E-state index contributed by atoms with van der Waals surface area (Å²) < 4.78 is 0. The topological polar surface area (TPSA) is 58.2 Å². The van der Waals surface area contributed by atoms with E-state index in [-0.39, 0.29) is 5.91 Å². The Morgan fingerprint density at radius 3 is 2.41 bits per heavy atom. The molecular weight excluding hydrogens is 216 g/mol. The maximum absolute atomic E-state index is 12.0. The maximum Gasteiger partial charge on any atom is 0.322 e. The van der Waals surface area contributed by atoms with Crippen molar-refractivity contribution in [3.63, 3.8) is 0 Å². The molecule has 1 fully saturated rings. The van der Waals surface area contributed by atoms with Crippen LogP contribution in [0.3, 0.4) is 0 Å². The molecule has 0 unspecified atom stereocenters. The number of carbonyl (C=O) groups excluding carboxylic acids is 2. The standard InChI is InChI=1S/C13H16N2O2/c1-2-3-9-13(10-7-5-4-6-8-10)11(16)14-12(17)15-13/h4-8H,2-3,9H2,1H3,(H2,14,15,16,17)/t13-/m0/s1. The van der Waals surface area contributed by atoms with Crippen LogP contribution in [0.15, 0.2) is 30.3 Å². The minimum atomic E-state index is -0.881. The van der Waals surface area contributed by atoms with Crippen LogP contribution < -0.4 is 10.6 Å². The summed E-state index contributed by atoms with van der Waals surface area (Å²) in [6.07, 6.45) is 2.51. The lowest BCUT2D eigenvalue weighted by Crippen LogP contribution is -2.43. The molecule has 1 aromatic carbocycles. The van der Waals surface area contributed by atoms with E-state index < -0.39 is 11.6 Å². The smallest absolute Gasteiger partial charge is 0.319 e. The van der Waals surface area contributed by atoms with Crippen LogP contribution in [0.5, 0.6) is 0 Å². The van der Waals surface area contributed by atoms with Crippen molar-refractivity contribution in [1.82, 2.24) is 10.6 Å². The van der Waals surface area contributed by atoms with Crippen molar-refractivity contribution in [3.8, 4) is 0 Å². The Morgan fingerprint density at radius 1 is 1.18 bits per heavy atom. The largest absolute Gasteiger partial charge is 0.322 e. The number of carbonyl (C=O) groups is 2. The Kier molecular flexibility index (Phi) is 3.13. The van der Waals surface area contributed by atoms with Crippen molar-refractivity contribution in [1.29, 1.82) is 0 Å². The second-order valence-corrected chi connectivity index (χ2v) is 4.28. The first-order valence-corrected chi connectivity index (χ1v) is 5.88. The van der Waals surface area contributed by atoms with Crippen LogP contribution in [0.2, 0.25) is 0 Å². The molecular formula is C13H16N2O2. The lowest BCUT2D eigenvalue weighted by atomic mass is 9.85. The molecule has 1 aromatic rings. The van der Waals surface area contributed by atoms with Gasteiger partial charge < -0.3 is 5.32 Å². The Hall–Kier alpha value is -1.84. The average Bonchev–Trinajstić information content (AvgIpc) is 2.64. The van der Waals surface area contributed by atoms with Gasteiger partial charge in [-0.25, -0.2) is 4.79 Å². The normalized spacial score (nSPS) is 23.4. The number of nitrogens with one attached hydrogen (secondary N) is 2. The zero-order chi connectivity index (χ0) is 12.3. The summed E-state index contributed by atoms with van der Waals surface area (Å²) in [6.45, 7) is 2.06. The summed E-state index contributed by atoms with van der Waals surface area (Å²) in [4.78, 5) is 23.4. The number of urea groups is 1. The highest BCUT2D eigenvalue weighted by Crippen LogP contribution is 2.30. The van der Waals surface area contributed by atoms with Gasteiger partial charge in [-0.05, 0) is 12.0 Å². The second kappa shape index (κ2) is 4.57. The highest BCUT2D eigenvalue weighted by molar-refractivity contribution is 6.07. The van der Waals surface area contributed by atoms with Crippen LogP contribution in [0.25, 0.3) is 0 Å². The number of imide groups is 1. The van der Waals surface area contributed by atoms with Crippen molar-refractivity contribution >= 4 is 11.9 Å². The number of unbranched alkanes of at least 4 members (excludes halogenated alkanes) is 1. The molecule has 0 radical (unpaired) electrons. The number of hydrogen-bond donors (Lipinski definition) is 2. The fourth-order valence-electron chi connectivity index (χ4n) is 2.18. The first kappa shape index (κ1) is 11.6. The molecule has 4 nitrogen and oxygen atoms in total. The first-order chi connectivity index (χ1) is 8.19. The molecule has 1 atom stereocenters. The van der Waals surface area contributed by atoms with Crippen molar-refractivity contribution in [2.45, 2.75) is 31.7 Å². The fourth-order valence-corrected chi connectivity index (χ4v) is 2.18. The van der Waals surface area contributed by atoms with E-state index in [1.54, 1.807) is 0 Å². The monoisotopic (exact) mass is 232 g/mol. The minimum Gasteiger partial charge on any atom is -0.319 e. The summed E-state index contributed by atoms with van der Waals surface area (Å²) in [7, 11) is 0. The molecule has 2 rings (SSSR count). The maximum atomic E-state index is 12.0. The number of benzene rings is 1.